The number of amides is 1. The second-order valence-electron chi connectivity index (χ2n) is 3.68. The van der Waals surface area contributed by atoms with Crippen molar-refractivity contribution in [2.45, 2.75) is 13.0 Å². The number of nitrogens with zero attached hydrogens (tertiary/aromatic N) is 1. The van der Waals surface area contributed by atoms with Crippen LogP contribution in [0.5, 0.6) is 0 Å². The van der Waals surface area contributed by atoms with E-state index in [1.165, 1.54) is 0 Å². The SMILES string of the molecule is CC(N)C(=O)Nc1cccc2cnccc12. The van der Waals surface area contributed by atoms with Gasteiger partial charge in [-0.2, -0.15) is 0 Å². The molecular formula is C12H13N3O. The van der Waals surface area contributed by atoms with Gasteiger partial charge in [-0.05, 0) is 19.1 Å². The largest absolute Gasteiger partial charge is 0.324 e. The lowest BCUT2D eigenvalue weighted by molar-refractivity contribution is -0.117. The van der Waals surface area contributed by atoms with Crippen LogP contribution in [0.3, 0.4) is 0 Å². The maximum absolute atomic E-state index is 11.5. The van der Waals surface area contributed by atoms with Crippen molar-refractivity contribution < 1.29 is 4.79 Å². The van der Waals surface area contributed by atoms with Crippen molar-refractivity contribution in [1.29, 1.82) is 0 Å². The van der Waals surface area contributed by atoms with Gasteiger partial charge in [0.25, 0.3) is 0 Å². The average molecular weight is 215 g/mol. The van der Waals surface area contributed by atoms with E-state index in [1.807, 2.05) is 24.3 Å². The molecule has 1 heterocycles. The van der Waals surface area contributed by atoms with Gasteiger partial charge in [-0.3, -0.25) is 9.78 Å². The molecule has 1 aromatic heterocycles. The molecule has 16 heavy (non-hydrogen) atoms. The van der Waals surface area contributed by atoms with Crippen molar-refractivity contribution in [2.24, 2.45) is 5.73 Å². The molecule has 4 heteroatoms. The summed E-state index contributed by atoms with van der Waals surface area (Å²) >= 11 is 0. The van der Waals surface area contributed by atoms with E-state index in [4.69, 9.17) is 5.73 Å². The summed E-state index contributed by atoms with van der Waals surface area (Å²) in [6.45, 7) is 1.65. The van der Waals surface area contributed by atoms with Crippen LogP contribution in [0.2, 0.25) is 0 Å². The Morgan fingerprint density at radius 1 is 1.44 bits per heavy atom. The Morgan fingerprint density at radius 3 is 3.00 bits per heavy atom. The summed E-state index contributed by atoms with van der Waals surface area (Å²) in [5, 5.41) is 4.75. The third-order valence-corrected chi connectivity index (χ3v) is 2.35. The van der Waals surface area contributed by atoms with Crippen LogP contribution in [-0.4, -0.2) is 16.9 Å². The monoisotopic (exact) mass is 215 g/mol. The third-order valence-electron chi connectivity index (χ3n) is 2.35. The minimum absolute atomic E-state index is 0.190. The number of pyridine rings is 1. The fraction of sp³-hybridized carbons (Fsp3) is 0.167. The van der Waals surface area contributed by atoms with Gasteiger partial charge in [-0.15, -0.1) is 0 Å². The van der Waals surface area contributed by atoms with Crippen LogP contribution in [0.1, 0.15) is 6.92 Å². The minimum Gasteiger partial charge on any atom is -0.324 e. The van der Waals surface area contributed by atoms with Crippen molar-refractivity contribution in [3.63, 3.8) is 0 Å². The molecule has 1 aromatic carbocycles. The highest BCUT2D eigenvalue weighted by Crippen LogP contribution is 2.21. The number of anilines is 1. The molecule has 0 fully saturated rings. The van der Waals surface area contributed by atoms with E-state index in [2.05, 4.69) is 10.3 Å². The predicted molar refractivity (Wildman–Crippen MR) is 64.0 cm³/mol. The van der Waals surface area contributed by atoms with Crippen LogP contribution < -0.4 is 11.1 Å². The van der Waals surface area contributed by atoms with E-state index in [1.54, 1.807) is 19.3 Å². The maximum atomic E-state index is 11.5. The highest BCUT2D eigenvalue weighted by Gasteiger charge is 2.09. The molecule has 0 aliphatic carbocycles. The number of carbonyl (C=O) groups is 1. The van der Waals surface area contributed by atoms with Gasteiger partial charge in [0.2, 0.25) is 5.91 Å². The highest BCUT2D eigenvalue weighted by atomic mass is 16.2. The van der Waals surface area contributed by atoms with Crippen molar-refractivity contribution in [3.05, 3.63) is 36.7 Å². The molecule has 1 atom stereocenters. The molecule has 4 nitrogen and oxygen atoms in total. The summed E-state index contributed by atoms with van der Waals surface area (Å²) in [4.78, 5) is 15.5. The molecule has 2 rings (SSSR count). The van der Waals surface area contributed by atoms with Crippen LogP contribution in [0, 0.1) is 0 Å². The number of hydrogen-bond donors (Lipinski definition) is 2. The molecule has 0 radical (unpaired) electrons. The number of fused-ring (bicyclic) bond motifs is 1. The summed E-state index contributed by atoms with van der Waals surface area (Å²) in [5.74, 6) is -0.190. The van der Waals surface area contributed by atoms with Gasteiger partial charge in [0.1, 0.15) is 0 Å². The zero-order valence-corrected chi connectivity index (χ0v) is 8.97. The highest BCUT2D eigenvalue weighted by molar-refractivity contribution is 6.03. The van der Waals surface area contributed by atoms with Crippen LogP contribution in [0.4, 0.5) is 5.69 Å². The van der Waals surface area contributed by atoms with Crippen LogP contribution >= 0.6 is 0 Å². The first kappa shape index (κ1) is 10.6. The second-order valence-corrected chi connectivity index (χ2v) is 3.68. The molecule has 0 aliphatic rings. The van der Waals surface area contributed by atoms with E-state index in [0.29, 0.717) is 0 Å². The number of hydrogen-bond acceptors (Lipinski definition) is 3. The van der Waals surface area contributed by atoms with E-state index < -0.39 is 6.04 Å². The van der Waals surface area contributed by atoms with E-state index in [-0.39, 0.29) is 5.91 Å². The van der Waals surface area contributed by atoms with Gasteiger partial charge >= 0.3 is 0 Å². The standard InChI is InChI=1S/C12H13N3O/c1-8(13)12(16)15-11-4-2-3-9-7-14-6-5-10(9)11/h2-8H,13H2,1H3,(H,15,16). The molecule has 0 spiro atoms. The molecular weight excluding hydrogens is 202 g/mol. The zero-order valence-electron chi connectivity index (χ0n) is 8.97. The molecule has 0 saturated carbocycles. The van der Waals surface area contributed by atoms with Crippen LogP contribution in [0.15, 0.2) is 36.7 Å². The minimum atomic E-state index is -0.517. The summed E-state index contributed by atoms with van der Waals surface area (Å²) in [7, 11) is 0. The fourth-order valence-corrected chi connectivity index (χ4v) is 1.48. The Balaban J connectivity index is 2.41. The Hall–Kier alpha value is -1.94. The third kappa shape index (κ3) is 2.01. The number of nitrogens with one attached hydrogen (secondary N) is 1. The fourth-order valence-electron chi connectivity index (χ4n) is 1.48. The number of aromatic nitrogens is 1. The molecule has 0 saturated heterocycles. The Morgan fingerprint density at radius 2 is 2.25 bits per heavy atom. The molecule has 1 unspecified atom stereocenters. The van der Waals surface area contributed by atoms with Crippen molar-refractivity contribution in [3.8, 4) is 0 Å². The van der Waals surface area contributed by atoms with Crippen molar-refractivity contribution in [1.82, 2.24) is 4.98 Å². The Bertz CT molecular complexity index is 517. The van der Waals surface area contributed by atoms with E-state index >= 15 is 0 Å². The quantitative estimate of drug-likeness (QED) is 0.798. The van der Waals surface area contributed by atoms with Gasteiger partial charge in [-0.25, -0.2) is 0 Å². The predicted octanol–water partition coefficient (Wildman–Crippen LogP) is 1.52. The first-order valence-corrected chi connectivity index (χ1v) is 5.07. The Kier molecular flexibility index (Phi) is 2.83. The van der Waals surface area contributed by atoms with Gasteiger partial charge in [-0.1, -0.05) is 12.1 Å². The van der Waals surface area contributed by atoms with Gasteiger partial charge in [0.15, 0.2) is 0 Å². The smallest absolute Gasteiger partial charge is 0.241 e. The number of nitrogens with two attached hydrogens (primary N) is 1. The molecule has 3 N–H and O–H groups in total. The van der Waals surface area contributed by atoms with Crippen LogP contribution in [-0.2, 0) is 4.79 Å². The summed E-state index contributed by atoms with van der Waals surface area (Å²) in [6, 6.07) is 7.02. The number of rotatable bonds is 2. The van der Waals surface area contributed by atoms with Gasteiger partial charge in [0, 0.05) is 28.9 Å². The number of carbonyl (C=O) groups excluding carboxylic acids is 1. The van der Waals surface area contributed by atoms with Crippen molar-refractivity contribution >= 4 is 22.4 Å². The zero-order chi connectivity index (χ0) is 11.5. The first-order chi connectivity index (χ1) is 7.68. The maximum Gasteiger partial charge on any atom is 0.241 e. The summed E-state index contributed by atoms with van der Waals surface area (Å²) < 4.78 is 0. The van der Waals surface area contributed by atoms with Gasteiger partial charge in [0.05, 0.1) is 6.04 Å². The lowest BCUT2D eigenvalue weighted by atomic mass is 10.1. The molecule has 0 bridgehead atoms. The second kappa shape index (κ2) is 4.28. The molecule has 82 valence electrons. The molecule has 0 aliphatic heterocycles. The number of benzene rings is 1. The molecule has 2 aromatic rings. The topological polar surface area (TPSA) is 68.0 Å². The average Bonchev–Trinajstić information content (AvgIpc) is 2.29. The molecule has 1 amide bonds. The van der Waals surface area contributed by atoms with Crippen molar-refractivity contribution in [2.75, 3.05) is 5.32 Å². The normalized spacial score (nSPS) is 12.4. The summed E-state index contributed by atoms with van der Waals surface area (Å²) in [6.07, 6.45) is 3.46. The van der Waals surface area contributed by atoms with E-state index in [9.17, 15) is 4.79 Å². The first-order valence-electron chi connectivity index (χ1n) is 5.07. The van der Waals surface area contributed by atoms with Crippen LogP contribution in [0.25, 0.3) is 10.8 Å². The Labute approximate surface area is 93.5 Å². The van der Waals surface area contributed by atoms with E-state index in [0.717, 1.165) is 16.5 Å². The summed E-state index contributed by atoms with van der Waals surface area (Å²) in [5.41, 5.74) is 6.27. The lowest BCUT2D eigenvalue weighted by Crippen LogP contribution is -2.32. The van der Waals surface area contributed by atoms with Gasteiger partial charge < -0.3 is 11.1 Å². The lowest BCUT2D eigenvalue weighted by Gasteiger charge is -2.10.